The number of hydrogen-bond donors (Lipinski definition) is 1. The second-order valence-corrected chi connectivity index (χ2v) is 7.80. The summed E-state index contributed by atoms with van der Waals surface area (Å²) in [5, 5.41) is 8.52. The molecule has 0 bridgehead atoms. The summed E-state index contributed by atoms with van der Waals surface area (Å²) in [6, 6.07) is 0. The average Bonchev–Trinajstić information content (AvgIpc) is 2.63. The molecule has 0 rings (SSSR count). The first-order valence-corrected chi connectivity index (χ1v) is 11.9. The molecule has 0 atom stereocenters. The van der Waals surface area contributed by atoms with Gasteiger partial charge in [0.05, 0.1) is 0 Å². The van der Waals surface area contributed by atoms with Crippen molar-refractivity contribution in [1.82, 2.24) is 0 Å². The van der Waals surface area contributed by atoms with Gasteiger partial charge in [0.25, 0.3) is 0 Å². The second-order valence-electron chi connectivity index (χ2n) is 7.80. The van der Waals surface area contributed by atoms with Gasteiger partial charge in [-0.2, -0.15) is 0 Å². The van der Waals surface area contributed by atoms with E-state index in [0.717, 1.165) is 12.8 Å². The summed E-state index contributed by atoms with van der Waals surface area (Å²) < 4.78 is 0. The van der Waals surface area contributed by atoms with E-state index in [9.17, 15) is 4.79 Å². The molecule has 26 heavy (non-hydrogen) atoms. The van der Waals surface area contributed by atoms with Crippen LogP contribution in [0.2, 0.25) is 0 Å². The molecule has 0 aliphatic carbocycles. The number of unbranched alkanes of at least 4 members (excludes halogenated alkanes) is 17. The van der Waals surface area contributed by atoms with Gasteiger partial charge in [-0.1, -0.05) is 136 Å². The second kappa shape index (κ2) is 26.7. The predicted molar refractivity (Wildman–Crippen MR) is 117 cm³/mol. The van der Waals surface area contributed by atoms with E-state index in [-0.39, 0.29) is 0 Å². The Labute approximate surface area is 165 Å². The topological polar surface area (TPSA) is 37.3 Å². The Kier molecular flexibility index (Phi) is 28.4. The van der Waals surface area contributed by atoms with E-state index >= 15 is 0 Å². The highest BCUT2D eigenvalue weighted by atomic mass is 16.4. The van der Waals surface area contributed by atoms with Crippen LogP contribution in [0.5, 0.6) is 0 Å². The monoisotopic (exact) mass is 370 g/mol. The van der Waals surface area contributed by atoms with Crippen LogP contribution in [-0.2, 0) is 4.79 Å². The van der Waals surface area contributed by atoms with Crippen molar-refractivity contribution in [2.24, 2.45) is 0 Å². The van der Waals surface area contributed by atoms with Crippen LogP contribution in [0.25, 0.3) is 0 Å². The van der Waals surface area contributed by atoms with Crippen molar-refractivity contribution in [3.05, 3.63) is 0 Å². The first kappa shape index (κ1) is 27.7. The molecule has 0 spiro atoms. The normalized spacial score (nSPS) is 10.4. The third kappa shape index (κ3) is 31.3. The minimum Gasteiger partial charge on any atom is -0.481 e. The van der Waals surface area contributed by atoms with Gasteiger partial charge in [0.15, 0.2) is 0 Å². The molecule has 2 nitrogen and oxygen atoms in total. The molecule has 1 N–H and O–H groups in total. The van der Waals surface area contributed by atoms with Gasteiger partial charge in [0, 0.05) is 6.42 Å². The first-order chi connectivity index (χ1) is 12.7. The van der Waals surface area contributed by atoms with Crippen LogP contribution in [-0.4, -0.2) is 11.1 Å². The van der Waals surface area contributed by atoms with Gasteiger partial charge in [0.1, 0.15) is 0 Å². The van der Waals surface area contributed by atoms with Crippen molar-refractivity contribution in [1.29, 1.82) is 0 Å². The van der Waals surface area contributed by atoms with Crippen molar-refractivity contribution < 1.29 is 9.90 Å². The highest BCUT2D eigenvalue weighted by Gasteiger charge is 1.97. The van der Waals surface area contributed by atoms with Crippen molar-refractivity contribution in [3.63, 3.8) is 0 Å². The molecule has 0 aliphatic rings. The van der Waals surface area contributed by atoms with Crippen LogP contribution >= 0.6 is 0 Å². The van der Waals surface area contributed by atoms with E-state index in [2.05, 4.69) is 20.8 Å². The highest BCUT2D eigenvalue weighted by Crippen LogP contribution is 2.13. The fourth-order valence-corrected chi connectivity index (χ4v) is 3.15. The Balaban J connectivity index is 0. The number of carboxylic acid groups (broad SMARTS) is 1. The minimum atomic E-state index is -0.653. The fraction of sp³-hybridized carbons (Fsp3) is 0.958. The molecule has 0 aromatic rings. The maximum atomic E-state index is 10.3. The number of rotatable bonds is 19. The molecule has 158 valence electrons. The van der Waals surface area contributed by atoms with E-state index < -0.39 is 5.97 Å². The highest BCUT2D eigenvalue weighted by molar-refractivity contribution is 5.66. The van der Waals surface area contributed by atoms with Gasteiger partial charge < -0.3 is 5.11 Å². The Hall–Kier alpha value is -0.530. The molecular formula is C24H50O2. The van der Waals surface area contributed by atoms with Gasteiger partial charge in [-0.15, -0.1) is 0 Å². The number of aliphatic carboxylic acids is 1. The standard InChI is InChI=1S/C18H36O2.C6H14/c1-2-3-4-5-6-7-8-9-10-11-12-13-14-15-16-17-18(19)20;1-3-5-6-4-2/h2-17H2,1H3,(H,19,20);3-6H2,1-2H3. The Morgan fingerprint density at radius 3 is 0.962 bits per heavy atom. The number of hydrogen-bond acceptors (Lipinski definition) is 1. The summed E-state index contributed by atoms with van der Waals surface area (Å²) in [4.78, 5) is 10.3. The zero-order valence-corrected chi connectivity index (χ0v) is 18.5. The van der Waals surface area contributed by atoms with Crippen molar-refractivity contribution in [3.8, 4) is 0 Å². The third-order valence-electron chi connectivity index (χ3n) is 4.95. The lowest BCUT2D eigenvalue weighted by molar-refractivity contribution is -0.137. The fourth-order valence-electron chi connectivity index (χ4n) is 3.15. The van der Waals surface area contributed by atoms with E-state index in [0.29, 0.717) is 6.42 Å². The molecular weight excluding hydrogens is 320 g/mol. The van der Waals surface area contributed by atoms with Crippen molar-refractivity contribution in [2.45, 2.75) is 149 Å². The molecule has 2 heteroatoms. The Morgan fingerprint density at radius 2 is 0.692 bits per heavy atom. The summed E-state index contributed by atoms with van der Waals surface area (Å²) in [7, 11) is 0. The molecule has 0 amide bonds. The molecule has 0 fully saturated rings. The predicted octanol–water partition coefficient (Wildman–Crippen LogP) is 8.92. The van der Waals surface area contributed by atoms with Gasteiger partial charge in [0.2, 0.25) is 0 Å². The van der Waals surface area contributed by atoms with E-state index in [1.54, 1.807) is 0 Å². The Morgan fingerprint density at radius 1 is 0.462 bits per heavy atom. The van der Waals surface area contributed by atoms with E-state index in [4.69, 9.17) is 5.11 Å². The smallest absolute Gasteiger partial charge is 0.303 e. The van der Waals surface area contributed by atoms with Crippen LogP contribution in [0.3, 0.4) is 0 Å². The molecule has 0 aromatic carbocycles. The lowest BCUT2D eigenvalue weighted by Crippen LogP contribution is -1.93. The van der Waals surface area contributed by atoms with E-state index in [1.807, 2.05) is 0 Å². The SMILES string of the molecule is CCCCCC.CCCCCCCCCCCCCCCCCC(=O)O. The van der Waals surface area contributed by atoms with Crippen LogP contribution in [0.1, 0.15) is 149 Å². The maximum Gasteiger partial charge on any atom is 0.303 e. The molecule has 0 unspecified atom stereocenters. The summed E-state index contributed by atoms with van der Waals surface area (Å²) in [5.41, 5.74) is 0. The molecule has 0 heterocycles. The minimum absolute atomic E-state index is 0.345. The van der Waals surface area contributed by atoms with Crippen molar-refractivity contribution >= 4 is 5.97 Å². The first-order valence-electron chi connectivity index (χ1n) is 11.9. The molecule has 0 aliphatic heterocycles. The molecule has 0 aromatic heterocycles. The van der Waals surface area contributed by atoms with Gasteiger partial charge in [-0.05, 0) is 6.42 Å². The van der Waals surface area contributed by atoms with E-state index in [1.165, 1.54) is 109 Å². The summed E-state index contributed by atoms with van der Waals surface area (Å²) in [6.07, 6.45) is 25.7. The lowest BCUT2D eigenvalue weighted by atomic mass is 10.0. The van der Waals surface area contributed by atoms with Crippen LogP contribution < -0.4 is 0 Å². The van der Waals surface area contributed by atoms with Crippen LogP contribution in [0, 0.1) is 0 Å². The summed E-state index contributed by atoms with van der Waals surface area (Å²) >= 11 is 0. The number of carboxylic acids is 1. The van der Waals surface area contributed by atoms with Crippen LogP contribution in [0.4, 0.5) is 0 Å². The van der Waals surface area contributed by atoms with Gasteiger partial charge >= 0.3 is 5.97 Å². The molecule has 0 radical (unpaired) electrons. The summed E-state index contributed by atoms with van der Waals surface area (Å²) in [5.74, 6) is -0.653. The lowest BCUT2D eigenvalue weighted by Gasteiger charge is -2.03. The Bertz CT molecular complexity index is 247. The summed E-state index contributed by atoms with van der Waals surface area (Å²) in [6.45, 7) is 6.73. The largest absolute Gasteiger partial charge is 0.481 e. The quantitative estimate of drug-likeness (QED) is 0.230. The van der Waals surface area contributed by atoms with Gasteiger partial charge in [-0.3, -0.25) is 4.79 Å². The molecule has 0 saturated heterocycles. The maximum absolute atomic E-state index is 10.3. The average molecular weight is 371 g/mol. The molecule has 0 saturated carbocycles. The third-order valence-corrected chi connectivity index (χ3v) is 4.95. The van der Waals surface area contributed by atoms with Gasteiger partial charge in [-0.25, -0.2) is 0 Å². The zero-order valence-electron chi connectivity index (χ0n) is 18.5. The van der Waals surface area contributed by atoms with Crippen LogP contribution in [0.15, 0.2) is 0 Å². The zero-order chi connectivity index (χ0) is 19.7. The number of carbonyl (C=O) groups is 1. The van der Waals surface area contributed by atoms with Crippen molar-refractivity contribution in [2.75, 3.05) is 0 Å².